The van der Waals surface area contributed by atoms with Crippen LogP contribution < -0.4 is 5.32 Å². The van der Waals surface area contributed by atoms with Crippen molar-refractivity contribution in [3.05, 3.63) is 24.3 Å². The van der Waals surface area contributed by atoms with Crippen LogP contribution in [-0.4, -0.2) is 16.5 Å². The highest BCUT2D eigenvalue weighted by molar-refractivity contribution is 5.02. The van der Waals surface area contributed by atoms with Crippen molar-refractivity contribution in [1.29, 1.82) is 0 Å². The molecular weight excluding hydrogens is 234 g/mol. The molecule has 0 aliphatic heterocycles. The Kier molecular flexibility index (Phi) is 2.83. The summed E-state index contributed by atoms with van der Waals surface area (Å²) in [5.41, 5.74) is 0.615. The maximum atomic E-state index is 4.29. The number of aromatic nitrogens is 2. The van der Waals surface area contributed by atoms with Crippen molar-refractivity contribution >= 4 is 0 Å². The van der Waals surface area contributed by atoms with Crippen molar-refractivity contribution in [2.45, 2.75) is 45.1 Å². The minimum absolute atomic E-state index is 0.615. The molecule has 0 saturated heterocycles. The number of nitrogens with one attached hydrogen (secondary N) is 1. The van der Waals surface area contributed by atoms with Crippen LogP contribution in [0.4, 0.5) is 0 Å². The van der Waals surface area contributed by atoms with Gasteiger partial charge in [0.05, 0.1) is 6.54 Å². The molecule has 102 valence electrons. The Balaban J connectivity index is 1.38. The predicted molar refractivity (Wildman–Crippen MR) is 74.3 cm³/mol. The molecule has 0 aromatic carbocycles. The van der Waals surface area contributed by atoms with Crippen LogP contribution >= 0.6 is 0 Å². The molecule has 1 heterocycles. The van der Waals surface area contributed by atoms with Crippen LogP contribution in [-0.2, 0) is 6.54 Å². The summed E-state index contributed by atoms with van der Waals surface area (Å²) in [4.78, 5) is 8.58. The van der Waals surface area contributed by atoms with Crippen molar-refractivity contribution in [3.63, 3.8) is 0 Å². The van der Waals surface area contributed by atoms with Crippen molar-refractivity contribution in [2.24, 2.45) is 23.2 Å². The highest BCUT2D eigenvalue weighted by Crippen LogP contribution is 2.59. The number of nitrogens with zero attached hydrogens (tertiary/aromatic N) is 2. The maximum absolute atomic E-state index is 4.29. The molecule has 0 unspecified atom stereocenters. The maximum Gasteiger partial charge on any atom is 0.141 e. The topological polar surface area (TPSA) is 37.8 Å². The van der Waals surface area contributed by atoms with Crippen LogP contribution in [0.3, 0.4) is 0 Å². The van der Waals surface area contributed by atoms with E-state index in [1.54, 1.807) is 0 Å². The van der Waals surface area contributed by atoms with Gasteiger partial charge in [-0.1, -0.05) is 0 Å². The summed E-state index contributed by atoms with van der Waals surface area (Å²) in [5.74, 6) is 4.05. The van der Waals surface area contributed by atoms with Gasteiger partial charge in [-0.3, -0.25) is 0 Å². The zero-order chi connectivity index (χ0) is 12.7. The summed E-state index contributed by atoms with van der Waals surface area (Å²) in [5, 5.41) is 3.63. The van der Waals surface area contributed by atoms with Gasteiger partial charge in [0.2, 0.25) is 0 Å². The lowest BCUT2D eigenvalue weighted by Gasteiger charge is -2.57. The molecule has 19 heavy (non-hydrogen) atoms. The van der Waals surface area contributed by atoms with Crippen LogP contribution in [0.15, 0.2) is 18.5 Å². The van der Waals surface area contributed by atoms with E-state index < -0.39 is 0 Å². The highest BCUT2D eigenvalue weighted by atomic mass is 15.0. The molecule has 0 atom stereocenters. The Bertz CT molecular complexity index is 407. The molecule has 0 amide bonds. The van der Waals surface area contributed by atoms with E-state index in [1.165, 1.54) is 45.1 Å². The molecule has 3 heteroatoms. The van der Waals surface area contributed by atoms with Gasteiger partial charge >= 0.3 is 0 Å². The first kappa shape index (κ1) is 11.8. The Morgan fingerprint density at radius 3 is 2.16 bits per heavy atom. The second-order valence-corrected chi connectivity index (χ2v) is 7.19. The average Bonchev–Trinajstić information content (AvgIpc) is 2.38. The predicted octanol–water partition coefficient (Wildman–Crippen LogP) is 2.78. The smallest absolute Gasteiger partial charge is 0.141 e. The summed E-state index contributed by atoms with van der Waals surface area (Å²) in [6.07, 6.45) is 12.7. The summed E-state index contributed by atoms with van der Waals surface area (Å²) >= 11 is 0. The van der Waals surface area contributed by atoms with Crippen molar-refractivity contribution < 1.29 is 0 Å². The van der Waals surface area contributed by atoms with Gasteiger partial charge in [-0.15, -0.1) is 0 Å². The first-order chi connectivity index (χ1) is 9.31. The van der Waals surface area contributed by atoms with Gasteiger partial charge in [0.25, 0.3) is 0 Å². The zero-order valence-corrected chi connectivity index (χ0v) is 11.5. The number of hydrogen-bond donors (Lipinski definition) is 1. The van der Waals surface area contributed by atoms with Gasteiger partial charge in [0, 0.05) is 18.9 Å². The molecule has 4 saturated carbocycles. The fourth-order valence-corrected chi connectivity index (χ4v) is 5.37. The largest absolute Gasteiger partial charge is 0.309 e. The zero-order valence-electron chi connectivity index (χ0n) is 11.5. The lowest BCUT2D eigenvalue weighted by molar-refractivity contribution is -0.0514. The van der Waals surface area contributed by atoms with Gasteiger partial charge in [-0.2, -0.15) is 0 Å². The third-order valence-electron chi connectivity index (χ3n) is 5.57. The molecule has 3 nitrogen and oxygen atoms in total. The second kappa shape index (κ2) is 4.55. The summed E-state index contributed by atoms with van der Waals surface area (Å²) < 4.78 is 0. The van der Waals surface area contributed by atoms with E-state index in [1.807, 2.05) is 18.5 Å². The van der Waals surface area contributed by atoms with E-state index in [0.717, 1.165) is 30.1 Å². The van der Waals surface area contributed by atoms with E-state index >= 15 is 0 Å². The van der Waals surface area contributed by atoms with Crippen LogP contribution in [0.25, 0.3) is 0 Å². The monoisotopic (exact) mass is 257 g/mol. The van der Waals surface area contributed by atoms with Gasteiger partial charge in [-0.05, 0) is 67.8 Å². The number of hydrogen-bond acceptors (Lipinski definition) is 3. The molecule has 0 radical (unpaired) electrons. The average molecular weight is 257 g/mol. The molecule has 4 fully saturated rings. The van der Waals surface area contributed by atoms with Gasteiger partial charge in [0.15, 0.2) is 0 Å². The molecule has 1 aromatic heterocycles. The third kappa shape index (κ3) is 2.29. The van der Waals surface area contributed by atoms with Crippen molar-refractivity contribution in [1.82, 2.24) is 15.3 Å². The lowest BCUT2D eigenvalue weighted by Crippen LogP contribution is -2.50. The number of rotatable bonds is 4. The normalized spacial score (nSPS) is 39.7. The summed E-state index contributed by atoms with van der Waals surface area (Å²) in [6, 6.07) is 1.88. The molecule has 4 aliphatic rings. The minimum atomic E-state index is 0.615. The van der Waals surface area contributed by atoms with E-state index in [9.17, 15) is 0 Å². The first-order valence-corrected chi connectivity index (χ1v) is 7.78. The minimum Gasteiger partial charge on any atom is -0.309 e. The Morgan fingerprint density at radius 1 is 1.00 bits per heavy atom. The lowest BCUT2D eigenvalue weighted by atomic mass is 9.49. The van der Waals surface area contributed by atoms with E-state index in [0.29, 0.717) is 5.41 Å². The van der Waals surface area contributed by atoms with Gasteiger partial charge in [0.1, 0.15) is 5.82 Å². The van der Waals surface area contributed by atoms with E-state index in [2.05, 4.69) is 15.3 Å². The van der Waals surface area contributed by atoms with Crippen molar-refractivity contribution in [3.8, 4) is 0 Å². The quantitative estimate of drug-likeness (QED) is 0.901. The SMILES string of the molecule is c1cnc(CNCC23CC4CC(CC(C4)C2)C3)nc1. The van der Waals surface area contributed by atoms with E-state index in [4.69, 9.17) is 0 Å². The van der Waals surface area contributed by atoms with Crippen LogP contribution in [0.5, 0.6) is 0 Å². The third-order valence-corrected chi connectivity index (χ3v) is 5.57. The molecule has 5 rings (SSSR count). The van der Waals surface area contributed by atoms with Gasteiger partial charge in [-0.25, -0.2) is 9.97 Å². The fourth-order valence-electron chi connectivity index (χ4n) is 5.37. The van der Waals surface area contributed by atoms with Crippen LogP contribution in [0, 0.1) is 23.2 Å². The molecule has 0 spiro atoms. The second-order valence-electron chi connectivity index (χ2n) is 7.19. The Hall–Kier alpha value is -0.960. The van der Waals surface area contributed by atoms with E-state index in [-0.39, 0.29) is 0 Å². The Labute approximate surface area is 115 Å². The molecule has 4 aliphatic carbocycles. The molecule has 4 bridgehead atoms. The molecular formula is C16H23N3. The molecule has 1 aromatic rings. The Morgan fingerprint density at radius 2 is 1.58 bits per heavy atom. The van der Waals surface area contributed by atoms with Crippen LogP contribution in [0.1, 0.15) is 44.3 Å². The van der Waals surface area contributed by atoms with Gasteiger partial charge < -0.3 is 5.32 Å². The van der Waals surface area contributed by atoms with Crippen LogP contribution in [0.2, 0.25) is 0 Å². The fraction of sp³-hybridized carbons (Fsp3) is 0.750. The summed E-state index contributed by atoms with van der Waals surface area (Å²) in [7, 11) is 0. The highest BCUT2D eigenvalue weighted by Gasteiger charge is 2.50. The molecule has 1 N–H and O–H groups in total. The standard InChI is InChI=1S/C16H23N3/c1-2-18-15(19-3-1)10-17-11-16-7-12-4-13(8-16)6-14(5-12)9-16/h1-3,12-14,17H,4-11H2. The first-order valence-electron chi connectivity index (χ1n) is 7.78. The van der Waals surface area contributed by atoms with Crippen molar-refractivity contribution in [2.75, 3.05) is 6.54 Å². The summed E-state index contributed by atoms with van der Waals surface area (Å²) in [6.45, 7) is 2.00.